The summed E-state index contributed by atoms with van der Waals surface area (Å²) in [5.74, 6) is -0.804. The van der Waals surface area contributed by atoms with E-state index in [-0.39, 0.29) is 22.1 Å². The van der Waals surface area contributed by atoms with Crippen LogP contribution in [0.1, 0.15) is 34.6 Å². The summed E-state index contributed by atoms with van der Waals surface area (Å²) >= 11 is 0. The van der Waals surface area contributed by atoms with Crippen molar-refractivity contribution in [2.75, 3.05) is 24.9 Å². The minimum Gasteiger partial charge on any atom is -0.465 e. The number of nitrogens with zero attached hydrogens (tertiary/aromatic N) is 1. The molecule has 0 heterocycles. The first-order valence-electron chi connectivity index (χ1n) is 8.43. The molecular weight excluding hydrogens is 368 g/mol. The fraction of sp³-hybridized carbons (Fsp3) is 0.263. The number of esters is 1. The largest absolute Gasteiger partial charge is 0.465 e. The van der Waals surface area contributed by atoms with Crippen LogP contribution in [-0.2, 0) is 14.8 Å². The van der Waals surface area contributed by atoms with E-state index in [1.54, 1.807) is 17.0 Å². The molecule has 27 heavy (non-hydrogen) atoms. The van der Waals surface area contributed by atoms with Gasteiger partial charge < -0.3 is 9.64 Å². The van der Waals surface area contributed by atoms with Gasteiger partial charge in [0.05, 0.1) is 23.3 Å². The Morgan fingerprint density at radius 1 is 1.00 bits per heavy atom. The number of hydrogen-bond donors (Lipinski definition) is 1. The summed E-state index contributed by atoms with van der Waals surface area (Å²) in [7, 11) is -2.71. The van der Waals surface area contributed by atoms with E-state index in [2.05, 4.69) is 9.46 Å². The van der Waals surface area contributed by atoms with E-state index in [1.165, 1.54) is 43.5 Å². The lowest BCUT2D eigenvalue weighted by Crippen LogP contribution is -2.30. The third-order valence-corrected chi connectivity index (χ3v) is 5.42. The molecule has 0 fully saturated rings. The number of carbonyl (C=O) groups excluding carboxylic acids is 2. The number of carbonyl (C=O) groups is 2. The van der Waals surface area contributed by atoms with Crippen LogP contribution in [0.25, 0.3) is 0 Å². The fourth-order valence-corrected chi connectivity index (χ4v) is 3.61. The van der Waals surface area contributed by atoms with Gasteiger partial charge in [0.25, 0.3) is 15.9 Å². The first kappa shape index (κ1) is 20.4. The number of rotatable bonds is 7. The summed E-state index contributed by atoms with van der Waals surface area (Å²) in [6.45, 7) is 4.90. The minimum atomic E-state index is -3.93. The van der Waals surface area contributed by atoms with Crippen molar-refractivity contribution in [2.45, 2.75) is 18.7 Å². The Kier molecular flexibility index (Phi) is 6.57. The van der Waals surface area contributed by atoms with Crippen molar-refractivity contribution < 1.29 is 22.7 Å². The molecule has 0 spiro atoms. The van der Waals surface area contributed by atoms with Crippen molar-refractivity contribution in [1.29, 1.82) is 0 Å². The quantitative estimate of drug-likeness (QED) is 0.734. The standard InChI is InChI=1S/C19H22N2O5S/c1-4-21(5-2)18(22)14-10-12-15(13-11-14)27(24,25)20-17-9-7-6-8-16(17)19(23)26-3/h6-13,20H,4-5H2,1-3H3. The van der Waals surface area contributed by atoms with Crippen LogP contribution in [0.15, 0.2) is 53.4 Å². The van der Waals surface area contributed by atoms with Crippen LogP contribution in [0, 0.1) is 0 Å². The molecule has 0 atom stereocenters. The topological polar surface area (TPSA) is 92.8 Å². The molecule has 0 saturated heterocycles. The van der Waals surface area contributed by atoms with Crippen LogP contribution in [0.2, 0.25) is 0 Å². The highest BCUT2D eigenvalue weighted by molar-refractivity contribution is 7.92. The fourth-order valence-electron chi connectivity index (χ4n) is 2.53. The molecule has 0 aromatic heterocycles. The molecule has 0 aliphatic rings. The van der Waals surface area contributed by atoms with Gasteiger partial charge in [0, 0.05) is 18.7 Å². The Bertz CT molecular complexity index is 919. The van der Waals surface area contributed by atoms with Gasteiger partial charge in [-0.3, -0.25) is 9.52 Å². The van der Waals surface area contributed by atoms with Crippen molar-refractivity contribution in [1.82, 2.24) is 4.90 Å². The second kappa shape index (κ2) is 8.68. The van der Waals surface area contributed by atoms with E-state index in [0.717, 1.165) is 0 Å². The summed E-state index contributed by atoms with van der Waals surface area (Å²) in [5.41, 5.74) is 0.636. The Hall–Kier alpha value is -2.87. The summed E-state index contributed by atoms with van der Waals surface area (Å²) < 4.78 is 32.3. The van der Waals surface area contributed by atoms with Gasteiger partial charge in [-0.05, 0) is 50.2 Å². The predicted octanol–water partition coefficient (Wildman–Crippen LogP) is 2.76. The summed E-state index contributed by atoms with van der Waals surface area (Å²) in [5, 5.41) is 0. The van der Waals surface area contributed by atoms with E-state index in [9.17, 15) is 18.0 Å². The average molecular weight is 390 g/mol. The van der Waals surface area contributed by atoms with Crippen molar-refractivity contribution in [2.24, 2.45) is 0 Å². The first-order valence-corrected chi connectivity index (χ1v) is 9.91. The second-order valence-electron chi connectivity index (χ2n) is 5.64. The summed E-state index contributed by atoms with van der Waals surface area (Å²) in [6.07, 6.45) is 0. The third-order valence-electron chi connectivity index (χ3n) is 4.04. The Labute approximate surface area is 159 Å². The minimum absolute atomic E-state index is 0.0155. The molecule has 0 aliphatic carbocycles. The normalized spacial score (nSPS) is 10.9. The Balaban J connectivity index is 2.28. The van der Waals surface area contributed by atoms with Crippen LogP contribution in [-0.4, -0.2) is 45.4 Å². The monoisotopic (exact) mass is 390 g/mol. The van der Waals surface area contributed by atoms with Gasteiger partial charge in [-0.1, -0.05) is 12.1 Å². The maximum Gasteiger partial charge on any atom is 0.339 e. The number of hydrogen-bond acceptors (Lipinski definition) is 5. The van der Waals surface area contributed by atoms with E-state index in [1.807, 2.05) is 13.8 Å². The molecule has 1 N–H and O–H groups in total. The van der Waals surface area contributed by atoms with Gasteiger partial charge >= 0.3 is 5.97 Å². The average Bonchev–Trinajstić information content (AvgIpc) is 2.68. The SMILES string of the molecule is CCN(CC)C(=O)c1ccc(S(=O)(=O)Nc2ccccc2C(=O)OC)cc1. The molecule has 2 aromatic carbocycles. The van der Waals surface area contributed by atoms with Crippen LogP contribution in [0.5, 0.6) is 0 Å². The highest BCUT2D eigenvalue weighted by Gasteiger charge is 2.20. The van der Waals surface area contributed by atoms with Crippen LogP contribution < -0.4 is 4.72 Å². The van der Waals surface area contributed by atoms with Gasteiger partial charge in [-0.25, -0.2) is 13.2 Å². The van der Waals surface area contributed by atoms with Crippen molar-refractivity contribution in [3.63, 3.8) is 0 Å². The summed E-state index contributed by atoms with van der Waals surface area (Å²) in [4.78, 5) is 25.8. The maximum absolute atomic E-state index is 12.6. The zero-order valence-corrected chi connectivity index (χ0v) is 16.2. The number of nitrogens with one attached hydrogen (secondary N) is 1. The van der Waals surface area contributed by atoms with Gasteiger partial charge in [0.15, 0.2) is 0 Å². The molecular formula is C19H22N2O5S. The lowest BCUT2D eigenvalue weighted by atomic mass is 10.2. The van der Waals surface area contributed by atoms with E-state index >= 15 is 0 Å². The molecule has 0 bridgehead atoms. The molecule has 1 amide bonds. The number of benzene rings is 2. The zero-order valence-electron chi connectivity index (χ0n) is 15.4. The van der Waals surface area contributed by atoms with Gasteiger partial charge in [0.2, 0.25) is 0 Å². The Morgan fingerprint density at radius 2 is 1.59 bits per heavy atom. The molecule has 0 radical (unpaired) electrons. The van der Waals surface area contributed by atoms with Crippen molar-refractivity contribution >= 4 is 27.6 Å². The van der Waals surface area contributed by atoms with E-state index in [4.69, 9.17) is 0 Å². The number of ether oxygens (including phenoxy) is 1. The van der Waals surface area contributed by atoms with Gasteiger partial charge in [-0.2, -0.15) is 0 Å². The lowest BCUT2D eigenvalue weighted by Gasteiger charge is -2.18. The van der Waals surface area contributed by atoms with Gasteiger partial charge in [-0.15, -0.1) is 0 Å². The first-order chi connectivity index (χ1) is 12.8. The molecule has 7 nitrogen and oxygen atoms in total. The second-order valence-corrected chi connectivity index (χ2v) is 7.33. The molecule has 0 aliphatic heterocycles. The smallest absolute Gasteiger partial charge is 0.339 e. The molecule has 0 saturated carbocycles. The predicted molar refractivity (Wildman–Crippen MR) is 102 cm³/mol. The highest BCUT2D eigenvalue weighted by atomic mass is 32.2. The molecule has 0 unspecified atom stereocenters. The molecule has 144 valence electrons. The van der Waals surface area contributed by atoms with Crippen molar-refractivity contribution in [3.8, 4) is 0 Å². The van der Waals surface area contributed by atoms with Crippen LogP contribution >= 0.6 is 0 Å². The molecule has 2 aromatic rings. The van der Waals surface area contributed by atoms with Gasteiger partial charge in [0.1, 0.15) is 0 Å². The number of sulfonamides is 1. The Morgan fingerprint density at radius 3 is 2.15 bits per heavy atom. The molecule has 2 rings (SSSR count). The number of anilines is 1. The van der Waals surface area contributed by atoms with E-state index in [0.29, 0.717) is 18.7 Å². The number of amides is 1. The summed E-state index contributed by atoms with van der Waals surface area (Å²) in [6, 6.07) is 11.8. The van der Waals surface area contributed by atoms with Crippen LogP contribution in [0.4, 0.5) is 5.69 Å². The number of methoxy groups -OCH3 is 1. The van der Waals surface area contributed by atoms with E-state index < -0.39 is 16.0 Å². The molecule has 8 heteroatoms. The van der Waals surface area contributed by atoms with Crippen molar-refractivity contribution in [3.05, 3.63) is 59.7 Å². The lowest BCUT2D eigenvalue weighted by molar-refractivity contribution is 0.0601. The maximum atomic E-state index is 12.6. The third kappa shape index (κ3) is 4.65. The number of para-hydroxylation sites is 1. The highest BCUT2D eigenvalue weighted by Crippen LogP contribution is 2.21. The van der Waals surface area contributed by atoms with Crippen LogP contribution in [0.3, 0.4) is 0 Å². The zero-order chi connectivity index (χ0) is 20.0.